The minimum Gasteiger partial charge on any atom is -0.313 e. The topological polar surface area (TPSA) is 22.2 Å². The van der Waals surface area contributed by atoms with Gasteiger partial charge in [-0.15, -0.1) is 0 Å². The summed E-state index contributed by atoms with van der Waals surface area (Å²) in [5, 5.41) is 1.76. The van der Waals surface area contributed by atoms with E-state index in [-0.39, 0.29) is 0 Å². The molecular weight excluding hydrogens is 365 g/mol. The van der Waals surface area contributed by atoms with Crippen LogP contribution in [0.25, 0.3) is 28.3 Å². The molecule has 0 saturated carbocycles. The highest BCUT2D eigenvalue weighted by Gasteiger charge is 2.13. The summed E-state index contributed by atoms with van der Waals surface area (Å²) in [6.45, 7) is 0. The van der Waals surface area contributed by atoms with E-state index in [1.165, 1.54) is 0 Å². The fourth-order valence-electron chi connectivity index (χ4n) is 2.76. The van der Waals surface area contributed by atoms with Crippen LogP contribution in [0.1, 0.15) is 0 Å². The van der Waals surface area contributed by atoms with Crippen LogP contribution in [0.3, 0.4) is 0 Å². The quantitative estimate of drug-likeness (QED) is 0.422. The maximum Gasteiger partial charge on any atom is 0.214 e. The third kappa shape index (κ3) is 2.59. The standard InChI is InChI=1S/C18H12Cl3N3/c1-23-17(12-3-2-4-13(19)7-12)10-24-9-16(22-18(23)24)11-5-6-14(20)15(21)8-11/h2-10H,1H3. The van der Waals surface area contributed by atoms with Gasteiger partial charge in [0.25, 0.3) is 0 Å². The lowest BCUT2D eigenvalue weighted by molar-refractivity contribution is 0.945. The van der Waals surface area contributed by atoms with Crippen molar-refractivity contribution in [1.82, 2.24) is 14.0 Å². The Bertz CT molecular complexity index is 1060. The minimum atomic E-state index is 0.519. The highest BCUT2D eigenvalue weighted by Crippen LogP contribution is 2.30. The van der Waals surface area contributed by atoms with Crippen molar-refractivity contribution >= 4 is 40.6 Å². The summed E-state index contributed by atoms with van der Waals surface area (Å²) in [5.74, 6) is 0.839. The molecule has 0 aliphatic rings. The molecule has 0 N–H and O–H groups in total. The lowest BCUT2D eigenvalue weighted by atomic mass is 10.1. The molecule has 0 fully saturated rings. The van der Waals surface area contributed by atoms with Crippen LogP contribution in [0.4, 0.5) is 0 Å². The smallest absolute Gasteiger partial charge is 0.214 e. The number of aromatic nitrogens is 3. The fraction of sp³-hybridized carbons (Fsp3) is 0.0556. The molecule has 2 aromatic heterocycles. The summed E-state index contributed by atoms with van der Waals surface area (Å²) in [5.41, 5.74) is 3.86. The molecule has 24 heavy (non-hydrogen) atoms. The van der Waals surface area contributed by atoms with Gasteiger partial charge in [-0.3, -0.25) is 4.40 Å². The van der Waals surface area contributed by atoms with Gasteiger partial charge in [0.2, 0.25) is 5.78 Å². The number of fused-ring (bicyclic) bond motifs is 1. The first kappa shape index (κ1) is 15.6. The van der Waals surface area contributed by atoms with Gasteiger partial charge in [0, 0.05) is 35.6 Å². The summed E-state index contributed by atoms with van der Waals surface area (Å²) in [6.07, 6.45) is 4.01. The number of halogens is 3. The zero-order valence-electron chi connectivity index (χ0n) is 12.7. The molecule has 4 aromatic rings. The first-order valence-corrected chi connectivity index (χ1v) is 8.42. The van der Waals surface area contributed by atoms with Crippen molar-refractivity contribution in [1.29, 1.82) is 0 Å². The second-order valence-electron chi connectivity index (χ2n) is 5.55. The molecule has 0 unspecified atom stereocenters. The normalized spacial score (nSPS) is 11.3. The number of rotatable bonds is 2. The number of hydrogen-bond donors (Lipinski definition) is 0. The number of hydrogen-bond acceptors (Lipinski definition) is 1. The van der Waals surface area contributed by atoms with E-state index in [0.29, 0.717) is 15.1 Å². The number of aryl methyl sites for hydroxylation is 1. The van der Waals surface area contributed by atoms with Gasteiger partial charge in [-0.25, -0.2) is 4.98 Å². The Morgan fingerprint density at radius 1 is 0.875 bits per heavy atom. The molecule has 0 radical (unpaired) electrons. The molecule has 0 atom stereocenters. The summed E-state index contributed by atoms with van der Waals surface area (Å²) in [6, 6.07) is 13.3. The Morgan fingerprint density at radius 2 is 1.71 bits per heavy atom. The fourth-order valence-corrected chi connectivity index (χ4v) is 3.25. The van der Waals surface area contributed by atoms with E-state index in [1.807, 2.05) is 64.8 Å². The second-order valence-corrected chi connectivity index (χ2v) is 6.80. The van der Waals surface area contributed by atoms with Crippen LogP contribution in [0.5, 0.6) is 0 Å². The molecule has 6 heteroatoms. The highest BCUT2D eigenvalue weighted by atomic mass is 35.5. The predicted octanol–water partition coefficient (Wildman–Crippen LogP) is 5.97. The summed E-state index contributed by atoms with van der Waals surface area (Å²) >= 11 is 18.2. The van der Waals surface area contributed by atoms with Gasteiger partial charge >= 0.3 is 0 Å². The van der Waals surface area contributed by atoms with Gasteiger partial charge in [0.15, 0.2) is 0 Å². The zero-order chi connectivity index (χ0) is 16.8. The lowest BCUT2D eigenvalue weighted by Gasteiger charge is -2.03. The molecule has 0 spiro atoms. The van der Waals surface area contributed by atoms with Crippen molar-refractivity contribution in [3.05, 3.63) is 69.9 Å². The Morgan fingerprint density at radius 3 is 2.42 bits per heavy atom. The molecule has 120 valence electrons. The van der Waals surface area contributed by atoms with Crippen LogP contribution >= 0.6 is 34.8 Å². The largest absolute Gasteiger partial charge is 0.313 e. The number of imidazole rings is 2. The van der Waals surface area contributed by atoms with Gasteiger partial charge in [0.05, 0.1) is 21.4 Å². The molecule has 0 amide bonds. The van der Waals surface area contributed by atoms with Crippen molar-refractivity contribution in [2.24, 2.45) is 7.05 Å². The summed E-state index contributed by atoms with van der Waals surface area (Å²) in [4.78, 5) is 4.71. The van der Waals surface area contributed by atoms with Gasteiger partial charge < -0.3 is 4.57 Å². The predicted molar refractivity (Wildman–Crippen MR) is 100 cm³/mol. The van der Waals surface area contributed by atoms with E-state index in [0.717, 1.165) is 28.3 Å². The van der Waals surface area contributed by atoms with Crippen LogP contribution in [0.15, 0.2) is 54.9 Å². The Hall–Kier alpha value is -1.94. The molecule has 0 saturated heterocycles. The van der Waals surface area contributed by atoms with E-state index >= 15 is 0 Å². The van der Waals surface area contributed by atoms with Crippen LogP contribution in [-0.4, -0.2) is 14.0 Å². The van der Waals surface area contributed by atoms with Crippen LogP contribution in [-0.2, 0) is 7.05 Å². The van der Waals surface area contributed by atoms with E-state index in [1.54, 1.807) is 6.07 Å². The SMILES string of the molecule is Cn1c(-c2cccc(Cl)c2)cn2cc(-c3ccc(Cl)c(Cl)c3)nc12. The minimum absolute atomic E-state index is 0.519. The van der Waals surface area contributed by atoms with Crippen molar-refractivity contribution in [2.45, 2.75) is 0 Å². The van der Waals surface area contributed by atoms with Crippen molar-refractivity contribution in [3.8, 4) is 22.5 Å². The molecule has 0 bridgehead atoms. The van der Waals surface area contributed by atoms with E-state index in [2.05, 4.69) is 0 Å². The summed E-state index contributed by atoms with van der Waals surface area (Å²) in [7, 11) is 1.98. The van der Waals surface area contributed by atoms with Gasteiger partial charge in [-0.2, -0.15) is 0 Å². The van der Waals surface area contributed by atoms with Crippen LogP contribution < -0.4 is 0 Å². The van der Waals surface area contributed by atoms with E-state index in [9.17, 15) is 0 Å². The van der Waals surface area contributed by atoms with Crippen molar-refractivity contribution in [2.75, 3.05) is 0 Å². The molecule has 0 aliphatic heterocycles. The lowest BCUT2D eigenvalue weighted by Crippen LogP contribution is -1.92. The highest BCUT2D eigenvalue weighted by molar-refractivity contribution is 6.42. The van der Waals surface area contributed by atoms with E-state index in [4.69, 9.17) is 39.8 Å². The monoisotopic (exact) mass is 375 g/mol. The third-order valence-corrected chi connectivity index (χ3v) is 4.95. The molecule has 2 aromatic carbocycles. The molecule has 3 nitrogen and oxygen atoms in total. The number of benzene rings is 2. The van der Waals surface area contributed by atoms with Gasteiger partial charge in [0.1, 0.15) is 0 Å². The maximum atomic E-state index is 6.10. The second kappa shape index (κ2) is 5.85. The van der Waals surface area contributed by atoms with Crippen molar-refractivity contribution < 1.29 is 0 Å². The Balaban J connectivity index is 1.82. The number of nitrogens with zero attached hydrogens (tertiary/aromatic N) is 3. The zero-order valence-corrected chi connectivity index (χ0v) is 14.9. The van der Waals surface area contributed by atoms with Crippen LogP contribution in [0, 0.1) is 0 Å². The Kier molecular flexibility index (Phi) is 3.80. The summed E-state index contributed by atoms with van der Waals surface area (Å²) < 4.78 is 4.03. The Labute approximate surface area is 154 Å². The molecular formula is C18H12Cl3N3. The van der Waals surface area contributed by atoms with Gasteiger partial charge in [-0.1, -0.05) is 53.0 Å². The maximum absolute atomic E-state index is 6.10. The third-order valence-electron chi connectivity index (χ3n) is 3.97. The first-order chi connectivity index (χ1) is 11.5. The van der Waals surface area contributed by atoms with Crippen LogP contribution in [0.2, 0.25) is 15.1 Å². The molecule has 2 heterocycles. The average Bonchev–Trinajstić information content (AvgIpc) is 3.10. The average molecular weight is 377 g/mol. The molecule has 0 aliphatic carbocycles. The first-order valence-electron chi connectivity index (χ1n) is 7.29. The van der Waals surface area contributed by atoms with Crippen molar-refractivity contribution in [3.63, 3.8) is 0 Å². The molecule has 4 rings (SSSR count). The van der Waals surface area contributed by atoms with Gasteiger partial charge in [-0.05, 0) is 24.3 Å². The van der Waals surface area contributed by atoms with E-state index < -0.39 is 0 Å².